The lowest BCUT2D eigenvalue weighted by Crippen LogP contribution is -2.30. The first kappa shape index (κ1) is 26.5. The van der Waals surface area contributed by atoms with Crippen molar-refractivity contribution in [3.8, 4) is 5.75 Å². The molecule has 2 atom stereocenters. The zero-order valence-electron chi connectivity index (χ0n) is 22.4. The van der Waals surface area contributed by atoms with Crippen LogP contribution >= 0.6 is 0 Å². The average molecular weight is 505 g/mol. The van der Waals surface area contributed by atoms with E-state index >= 15 is 0 Å². The van der Waals surface area contributed by atoms with E-state index in [1.54, 1.807) is 27.0 Å². The number of carbonyl (C=O) groups is 1. The molecule has 1 amide bonds. The number of benzene rings is 2. The molecule has 37 heavy (non-hydrogen) atoms. The molecule has 0 saturated heterocycles. The van der Waals surface area contributed by atoms with Crippen molar-refractivity contribution in [1.82, 2.24) is 10.5 Å². The number of furan rings is 1. The van der Waals surface area contributed by atoms with E-state index in [0.29, 0.717) is 34.3 Å². The number of ether oxygens (including phenoxy) is 1. The molecule has 0 spiro atoms. The molecular weight excluding hydrogens is 468 g/mol. The van der Waals surface area contributed by atoms with Crippen LogP contribution in [-0.2, 0) is 11.2 Å². The van der Waals surface area contributed by atoms with Crippen LogP contribution in [0.4, 0.5) is 0 Å². The molecule has 2 heterocycles. The van der Waals surface area contributed by atoms with E-state index in [4.69, 9.17) is 13.7 Å². The number of amides is 1. The summed E-state index contributed by atoms with van der Waals surface area (Å²) in [6.07, 6.45) is 1.07. The number of carbonyl (C=O) groups excluding carboxylic acids is 1. The van der Waals surface area contributed by atoms with Crippen molar-refractivity contribution in [3.05, 3.63) is 81.9 Å². The monoisotopic (exact) mass is 504 g/mol. The Kier molecular flexibility index (Phi) is 8.03. The molecule has 0 fully saturated rings. The molecule has 0 radical (unpaired) electrons. The van der Waals surface area contributed by atoms with Crippen LogP contribution in [0.2, 0.25) is 0 Å². The fraction of sp³-hybridized carbons (Fsp3) is 0.400. The fourth-order valence-corrected chi connectivity index (χ4v) is 4.72. The van der Waals surface area contributed by atoms with Crippen molar-refractivity contribution < 1.29 is 23.6 Å². The van der Waals surface area contributed by atoms with Crippen molar-refractivity contribution >= 4 is 16.9 Å². The van der Waals surface area contributed by atoms with Gasteiger partial charge >= 0.3 is 0 Å². The van der Waals surface area contributed by atoms with Gasteiger partial charge in [-0.3, -0.25) is 4.79 Å². The highest BCUT2D eigenvalue weighted by atomic mass is 16.5. The van der Waals surface area contributed by atoms with Gasteiger partial charge in [0.15, 0.2) is 0 Å². The molecule has 0 bridgehead atoms. The molecule has 0 aliphatic heterocycles. The van der Waals surface area contributed by atoms with E-state index in [1.807, 2.05) is 43.3 Å². The van der Waals surface area contributed by atoms with Gasteiger partial charge in [-0.05, 0) is 74.9 Å². The Balaban J connectivity index is 1.52. The van der Waals surface area contributed by atoms with Crippen molar-refractivity contribution in [2.24, 2.45) is 5.92 Å². The normalized spacial score (nSPS) is 13.2. The third-order valence-electron chi connectivity index (χ3n) is 6.73. The third kappa shape index (κ3) is 6.05. The van der Waals surface area contributed by atoms with E-state index < -0.39 is 6.10 Å². The molecule has 2 aromatic carbocycles. The number of fused-ring (bicyclic) bond motifs is 1. The van der Waals surface area contributed by atoms with Crippen molar-refractivity contribution in [2.45, 2.75) is 66.0 Å². The molecule has 7 nitrogen and oxygen atoms in total. The second kappa shape index (κ2) is 11.2. The summed E-state index contributed by atoms with van der Waals surface area (Å²) < 4.78 is 16.7. The van der Waals surface area contributed by atoms with Gasteiger partial charge in [0, 0.05) is 10.9 Å². The number of aliphatic hydroxyl groups excluding tert-OH is 1. The molecule has 4 aromatic rings. The highest BCUT2D eigenvalue weighted by Gasteiger charge is 2.24. The Morgan fingerprint density at radius 3 is 2.54 bits per heavy atom. The summed E-state index contributed by atoms with van der Waals surface area (Å²) in [4.78, 5) is 13.2. The fourth-order valence-electron chi connectivity index (χ4n) is 4.72. The van der Waals surface area contributed by atoms with Crippen molar-refractivity contribution in [1.29, 1.82) is 0 Å². The van der Waals surface area contributed by atoms with Crippen LogP contribution in [0.3, 0.4) is 0 Å². The maximum atomic E-state index is 13.2. The minimum absolute atomic E-state index is 0.0600. The van der Waals surface area contributed by atoms with Crippen LogP contribution in [0.15, 0.2) is 51.4 Å². The molecule has 0 aliphatic carbocycles. The molecule has 4 rings (SSSR count). The summed E-state index contributed by atoms with van der Waals surface area (Å²) in [6, 6.07) is 13.4. The van der Waals surface area contributed by atoms with E-state index in [9.17, 15) is 9.90 Å². The number of nitrogens with one attached hydrogen (secondary N) is 1. The minimum Gasteiger partial charge on any atom is -0.496 e. The second-order valence-electron chi connectivity index (χ2n) is 10.2. The molecule has 2 aromatic heterocycles. The molecule has 0 aliphatic rings. The zero-order chi connectivity index (χ0) is 26.7. The van der Waals surface area contributed by atoms with Gasteiger partial charge in [-0.25, -0.2) is 0 Å². The maximum Gasteiger partial charge on any atom is 0.224 e. The summed E-state index contributed by atoms with van der Waals surface area (Å²) in [5, 5.41) is 18.8. The van der Waals surface area contributed by atoms with Gasteiger partial charge in [-0.15, -0.1) is 0 Å². The maximum absolute atomic E-state index is 13.2. The number of hydrogen-bond donors (Lipinski definition) is 2. The summed E-state index contributed by atoms with van der Waals surface area (Å²) in [5.74, 6) is 2.22. The Bertz CT molecular complexity index is 1360. The Morgan fingerprint density at radius 2 is 1.86 bits per heavy atom. The summed E-state index contributed by atoms with van der Waals surface area (Å²) in [5.41, 5.74) is 4.84. The Labute approximate surface area is 217 Å². The van der Waals surface area contributed by atoms with Gasteiger partial charge in [0.25, 0.3) is 0 Å². The number of aliphatic hydroxyl groups is 1. The number of rotatable bonds is 10. The highest BCUT2D eigenvalue weighted by Crippen LogP contribution is 2.33. The van der Waals surface area contributed by atoms with Crippen LogP contribution in [0.1, 0.15) is 78.3 Å². The van der Waals surface area contributed by atoms with Crippen LogP contribution < -0.4 is 10.1 Å². The van der Waals surface area contributed by atoms with E-state index in [0.717, 1.165) is 40.7 Å². The van der Waals surface area contributed by atoms with E-state index in [2.05, 4.69) is 24.3 Å². The Morgan fingerprint density at radius 1 is 1.08 bits per heavy atom. The van der Waals surface area contributed by atoms with Gasteiger partial charge in [0.1, 0.15) is 29.0 Å². The van der Waals surface area contributed by atoms with Crippen LogP contribution in [0.25, 0.3) is 11.0 Å². The first-order valence-electron chi connectivity index (χ1n) is 12.7. The van der Waals surface area contributed by atoms with E-state index in [1.165, 1.54) is 0 Å². The number of aryl methyl sites for hydroxylation is 3. The molecule has 7 heteroatoms. The van der Waals surface area contributed by atoms with Crippen molar-refractivity contribution in [2.75, 3.05) is 7.11 Å². The Hall–Kier alpha value is -3.58. The van der Waals surface area contributed by atoms with Crippen LogP contribution in [-0.4, -0.2) is 23.3 Å². The smallest absolute Gasteiger partial charge is 0.224 e. The quantitative estimate of drug-likeness (QED) is 0.264. The molecule has 0 saturated carbocycles. The first-order valence-corrected chi connectivity index (χ1v) is 12.7. The summed E-state index contributed by atoms with van der Waals surface area (Å²) >= 11 is 0. The van der Waals surface area contributed by atoms with Gasteiger partial charge in [0.2, 0.25) is 5.91 Å². The molecule has 2 N–H and O–H groups in total. The number of methoxy groups -OCH3 is 1. The minimum atomic E-state index is -0.975. The zero-order valence-corrected chi connectivity index (χ0v) is 22.4. The highest BCUT2D eigenvalue weighted by molar-refractivity contribution is 5.83. The second-order valence-corrected chi connectivity index (χ2v) is 10.2. The first-order chi connectivity index (χ1) is 17.7. The van der Waals surface area contributed by atoms with Crippen LogP contribution in [0.5, 0.6) is 5.75 Å². The summed E-state index contributed by atoms with van der Waals surface area (Å²) in [7, 11) is 1.66. The number of hydrogen-bond acceptors (Lipinski definition) is 6. The topological polar surface area (TPSA) is 97.7 Å². The lowest BCUT2D eigenvalue weighted by atomic mass is 9.95. The number of aromatic nitrogens is 1. The van der Waals surface area contributed by atoms with Gasteiger partial charge in [0.05, 0.1) is 30.8 Å². The third-order valence-corrected chi connectivity index (χ3v) is 6.73. The largest absolute Gasteiger partial charge is 0.496 e. The lowest BCUT2D eigenvalue weighted by molar-refractivity contribution is -0.121. The predicted molar refractivity (Wildman–Crippen MR) is 143 cm³/mol. The standard InChI is InChI=1S/C30H36N2O5/c1-17(2)7-11-24(23-10-8-18(3)13-26(23)35-6)31-28(33)15-21-9-12-25-22(14-21)16-27(36-25)30(34)29-19(4)32-37-20(29)5/h8-10,12-14,16-17,24,30,34H,7,11,15H2,1-6H3,(H,31,33). The SMILES string of the molecule is COc1cc(C)ccc1C(CCC(C)C)NC(=O)Cc1ccc2oc(C(O)c3c(C)noc3C)cc2c1. The van der Waals surface area contributed by atoms with Gasteiger partial charge in [-0.1, -0.05) is 37.2 Å². The van der Waals surface area contributed by atoms with Crippen LogP contribution in [0, 0.1) is 26.7 Å². The molecule has 196 valence electrons. The van der Waals surface area contributed by atoms with Crippen molar-refractivity contribution in [3.63, 3.8) is 0 Å². The van der Waals surface area contributed by atoms with E-state index in [-0.39, 0.29) is 18.4 Å². The lowest BCUT2D eigenvalue weighted by Gasteiger charge is -2.23. The predicted octanol–water partition coefficient (Wildman–Crippen LogP) is 6.27. The van der Waals surface area contributed by atoms with Gasteiger partial charge < -0.3 is 24.1 Å². The van der Waals surface area contributed by atoms with Gasteiger partial charge in [-0.2, -0.15) is 0 Å². The number of nitrogens with zero attached hydrogens (tertiary/aromatic N) is 1. The molecule has 2 unspecified atom stereocenters. The molecular formula is C30H36N2O5. The summed E-state index contributed by atoms with van der Waals surface area (Å²) in [6.45, 7) is 9.94. The average Bonchev–Trinajstić information content (AvgIpc) is 3.43.